The van der Waals surface area contributed by atoms with Crippen molar-refractivity contribution in [2.45, 2.75) is 19.4 Å². The smallest absolute Gasteiger partial charge is 0.202 e. The average molecular weight is 277 g/mol. The highest BCUT2D eigenvalue weighted by Crippen LogP contribution is 2.35. The molecule has 0 saturated heterocycles. The Hall–Kier alpha value is -1.82. The fourth-order valence-corrected chi connectivity index (χ4v) is 2.83. The first-order valence-corrected chi connectivity index (χ1v) is 6.89. The Morgan fingerprint density at radius 3 is 3.11 bits per heavy atom. The van der Waals surface area contributed by atoms with Gasteiger partial charge in [-0.25, -0.2) is 4.98 Å². The molecule has 0 fully saturated rings. The summed E-state index contributed by atoms with van der Waals surface area (Å²) in [4.78, 5) is 4.31. The molecule has 0 aliphatic carbocycles. The van der Waals surface area contributed by atoms with Gasteiger partial charge in [-0.3, -0.25) is 0 Å². The van der Waals surface area contributed by atoms with Gasteiger partial charge in [-0.2, -0.15) is 4.37 Å². The molecule has 2 aromatic rings. The van der Waals surface area contributed by atoms with Gasteiger partial charge in [0.15, 0.2) is 11.5 Å². The second kappa shape index (κ2) is 5.05. The fourth-order valence-electron chi connectivity index (χ4n) is 2.18. The van der Waals surface area contributed by atoms with Gasteiger partial charge in [0, 0.05) is 17.1 Å². The Labute approximate surface area is 115 Å². The van der Waals surface area contributed by atoms with E-state index in [2.05, 4.69) is 20.7 Å². The minimum atomic E-state index is 0.215. The van der Waals surface area contributed by atoms with E-state index in [-0.39, 0.29) is 6.04 Å². The molecule has 1 aromatic carbocycles. The lowest BCUT2D eigenvalue weighted by Gasteiger charge is -2.26. The molecule has 2 heterocycles. The molecule has 100 valence electrons. The first-order chi connectivity index (χ1) is 9.26. The van der Waals surface area contributed by atoms with E-state index in [4.69, 9.17) is 9.47 Å². The molecular weight excluding hydrogens is 262 g/mol. The summed E-state index contributed by atoms with van der Waals surface area (Å²) in [6, 6.07) is 6.18. The quantitative estimate of drug-likeness (QED) is 0.932. The summed E-state index contributed by atoms with van der Waals surface area (Å²) in [5, 5.41) is 4.20. The standard InChI is InChI=1S/C13H15N3O2S/c1-8-14-13(19-16-8)15-10-6-9-4-3-5-11(17-2)12(9)18-7-10/h3-5,10H,6-7H2,1-2H3,(H,14,15,16)/t10-/m1/s1. The highest BCUT2D eigenvalue weighted by molar-refractivity contribution is 7.09. The van der Waals surface area contributed by atoms with Gasteiger partial charge in [0.1, 0.15) is 12.4 Å². The Balaban J connectivity index is 1.75. The van der Waals surface area contributed by atoms with Crippen molar-refractivity contribution in [2.75, 3.05) is 19.0 Å². The fraction of sp³-hybridized carbons (Fsp3) is 0.385. The molecule has 0 radical (unpaired) electrons. The van der Waals surface area contributed by atoms with Gasteiger partial charge in [-0.05, 0) is 19.4 Å². The Morgan fingerprint density at radius 1 is 1.47 bits per heavy atom. The lowest BCUT2D eigenvalue weighted by Crippen LogP contribution is -2.33. The van der Waals surface area contributed by atoms with Gasteiger partial charge in [-0.1, -0.05) is 12.1 Å². The van der Waals surface area contributed by atoms with Crippen LogP contribution in [0.1, 0.15) is 11.4 Å². The number of rotatable bonds is 3. The SMILES string of the molecule is COc1cccc2c1OC[C@H](Nc1nc(C)ns1)C2. The molecule has 1 aliphatic heterocycles. The molecule has 3 rings (SSSR count). The summed E-state index contributed by atoms with van der Waals surface area (Å²) in [6.45, 7) is 2.49. The largest absolute Gasteiger partial charge is 0.493 e. The number of aryl methyl sites for hydroxylation is 1. The molecule has 6 heteroatoms. The van der Waals surface area contributed by atoms with Crippen molar-refractivity contribution in [1.82, 2.24) is 9.36 Å². The molecule has 1 aliphatic rings. The number of aromatic nitrogens is 2. The number of ether oxygens (including phenoxy) is 2. The second-order valence-electron chi connectivity index (χ2n) is 4.45. The van der Waals surface area contributed by atoms with Gasteiger partial charge in [0.05, 0.1) is 13.2 Å². The number of para-hydroxylation sites is 1. The lowest BCUT2D eigenvalue weighted by atomic mass is 10.0. The van der Waals surface area contributed by atoms with E-state index in [9.17, 15) is 0 Å². The highest BCUT2D eigenvalue weighted by Gasteiger charge is 2.23. The van der Waals surface area contributed by atoms with Crippen LogP contribution in [0, 0.1) is 6.92 Å². The molecule has 0 spiro atoms. The maximum Gasteiger partial charge on any atom is 0.202 e. The number of fused-ring (bicyclic) bond motifs is 1. The molecule has 19 heavy (non-hydrogen) atoms. The number of benzene rings is 1. The van der Waals surface area contributed by atoms with Gasteiger partial charge < -0.3 is 14.8 Å². The van der Waals surface area contributed by atoms with Crippen LogP contribution in [0.15, 0.2) is 18.2 Å². The highest BCUT2D eigenvalue weighted by atomic mass is 32.1. The third-order valence-corrected chi connectivity index (χ3v) is 3.77. The van der Waals surface area contributed by atoms with Gasteiger partial charge in [0.2, 0.25) is 5.13 Å². The molecule has 0 amide bonds. The van der Waals surface area contributed by atoms with E-state index >= 15 is 0 Å². The van der Waals surface area contributed by atoms with Crippen molar-refractivity contribution < 1.29 is 9.47 Å². The molecule has 0 saturated carbocycles. The van der Waals surface area contributed by atoms with Crippen LogP contribution in [0.4, 0.5) is 5.13 Å². The van der Waals surface area contributed by atoms with Gasteiger partial charge >= 0.3 is 0 Å². The molecular formula is C13H15N3O2S. The molecule has 1 aromatic heterocycles. The number of nitrogens with one attached hydrogen (secondary N) is 1. The van der Waals surface area contributed by atoms with Crippen molar-refractivity contribution >= 4 is 16.7 Å². The number of hydrogen-bond acceptors (Lipinski definition) is 6. The van der Waals surface area contributed by atoms with E-state index in [1.165, 1.54) is 11.5 Å². The zero-order chi connectivity index (χ0) is 13.2. The van der Waals surface area contributed by atoms with E-state index in [0.29, 0.717) is 6.61 Å². The summed E-state index contributed by atoms with van der Waals surface area (Å²) in [6.07, 6.45) is 0.894. The van der Waals surface area contributed by atoms with Crippen molar-refractivity contribution in [3.05, 3.63) is 29.6 Å². The van der Waals surface area contributed by atoms with Crippen molar-refractivity contribution in [3.63, 3.8) is 0 Å². The lowest BCUT2D eigenvalue weighted by molar-refractivity contribution is 0.256. The van der Waals surface area contributed by atoms with Crippen molar-refractivity contribution in [3.8, 4) is 11.5 Å². The predicted molar refractivity (Wildman–Crippen MR) is 74.2 cm³/mol. The summed E-state index contributed by atoms with van der Waals surface area (Å²) >= 11 is 1.38. The van der Waals surface area contributed by atoms with Crippen LogP contribution in [-0.2, 0) is 6.42 Å². The number of hydrogen-bond donors (Lipinski definition) is 1. The Bertz CT molecular complexity index is 585. The number of anilines is 1. The van der Waals surface area contributed by atoms with E-state index in [0.717, 1.165) is 34.4 Å². The third kappa shape index (κ3) is 2.49. The zero-order valence-corrected chi connectivity index (χ0v) is 11.7. The van der Waals surface area contributed by atoms with Crippen LogP contribution in [0.3, 0.4) is 0 Å². The summed E-state index contributed by atoms with van der Waals surface area (Å²) in [7, 11) is 1.66. The summed E-state index contributed by atoms with van der Waals surface area (Å²) in [5.74, 6) is 2.45. The molecule has 0 bridgehead atoms. The second-order valence-corrected chi connectivity index (χ2v) is 5.20. The average Bonchev–Trinajstić information content (AvgIpc) is 2.83. The minimum Gasteiger partial charge on any atom is -0.493 e. The van der Waals surface area contributed by atoms with Crippen molar-refractivity contribution in [2.24, 2.45) is 0 Å². The van der Waals surface area contributed by atoms with Crippen molar-refractivity contribution in [1.29, 1.82) is 0 Å². The zero-order valence-electron chi connectivity index (χ0n) is 10.8. The van der Waals surface area contributed by atoms with Crippen LogP contribution < -0.4 is 14.8 Å². The van der Waals surface area contributed by atoms with E-state index < -0.39 is 0 Å². The van der Waals surface area contributed by atoms with E-state index in [1.54, 1.807) is 7.11 Å². The van der Waals surface area contributed by atoms with Gasteiger partial charge in [0.25, 0.3) is 0 Å². The molecule has 0 unspecified atom stereocenters. The monoisotopic (exact) mass is 277 g/mol. The van der Waals surface area contributed by atoms with Crippen LogP contribution >= 0.6 is 11.5 Å². The predicted octanol–water partition coefficient (Wildman–Crippen LogP) is 2.27. The van der Waals surface area contributed by atoms with Crippen LogP contribution in [0.5, 0.6) is 11.5 Å². The molecule has 1 atom stereocenters. The first kappa shape index (κ1) is 12.2. The van der Waals surface area contributed by atoms with Crippen LogP contribution in [-0.4, -0.2) is 29.1 Å². The van der Waals surface area contributed by atoms with Crippen LogP contribution in [0.25, 0.3) is 0 Å². The normalized spacial score (nSPS) is 17.5. The summed E-state index contributed by atoms with van der Waals surface area (Å²) < 4.78 is 15.3. The van der Waals surface area contributed by atoms with E-state index in [1.807, 2.05) is 19.1 Å². The number of nitrogens with zero attached hydrogens (tertiary/aromatic N) is 2. The molecule has 5 nitrogen and oxygen atoms in total. The maximum atomic E-state index is 5.81. The molecule has 1 N–H and O–H groups in total. The first-order valence-electron chi connectivity index (χ1n) is 6.12. The Morgan fingerprint density at radius 2 is 2.37 bits per heavy atom. The third-order valence-electron chi connectivity index (χ3n) is 3.03. The van der Waals surface area contributed by atoms with Gasteiger partial charge in [-0.15, -0.1) is 0 Å². The summed E-state index contributed by atoms with van der Waals surface area (Å²) in [5.41, 5.74) is 1.16. The minimum absolute atomic E-state index is 0.215. The topological polar surface area (TPSA) is 56.3 Å². The Kier molecular flexibility index (Phi) is 3.25. The number of methoxy groups -OCH3 is 1. The van der Waals surface area contributed by atoms with Crippen LogP contribution in [0.2, 0.25) is 0 Å². The maximum absolute atomic E-state index is 5.81.